The molecule has 0 saturated carbocycles. The van der Waals surface area contributed by atoms with Crippen LogP contribution < -0.4 is 0 Å². The first-order chi connectivity index (χ1) is 8.66. The summed E-state index contributed by atoms with van der Waals surface area (Å²) in [6, 6.07) is 0. The Morgan fingerprint density at radius 2 is 0.895 bits per heavy atom. The van der Waals surface area contributed by atoms with Gasteiger partial charge in [0, 0.05) is 0 Å². The normalized spacial score (nSPS) is 7.58. The third-order valence-electron chi connectivity index (χ3n) is 1.81. The van der Waals surface area contributed by atoms with Gasteiger partial charge in [-0.15, -0.1) is 0 Å². The molecule has 0 fully saturated rings. The summed E-state index contributed by atoms with van der Waals surface area (Å²) < 4.78 is 0. The molecule has 0 aliphatic carbocycles. The molecule has 0 atom stereocenters. The van der Waals surface area contributed by atoms with E-state index in [4.69, 9.17) is 0 Å². The van der Waals surface area contributed by atoms with E-state index in [0.717, 1.165) is 11.5 Å². The maximum atomic E-state index is 4.65. The van der Waals surface area contributed by atoms with Gasteiger partial charge in [0.05, 0.1) is 0 Å². The van der Waals surface area contributed by atoms with Crippen molar-refractivity contribution < 1.29 is 0 Å². The van der Waals surface area contributed by atoms with Gasteiger partial charge >= 0.3 is 23.9 Å². The molecule has 0 unspecified atom stereocenters. The third kappa shape index (κ3) is 106. The fraction of sp³-hybridized carbons (Fsp3) is 0.875. The average molecular weight is 411 g/mol. The van der Waals surface area contributed by atoms with Gasteiger partial charge in [0.1, 0.15) is 0 Å². The van der Waals surface area contributed by atoms with Gasteiger partial charge in [-0.25, -0.2) is 0 Å². The minimum Gasteiger partial charge on any atom is -0.793 e. The summed E-state index contributed by atoms with van der Waals surface area (Å²) in [7, 11) is 0. The van der Waals surface area contributed by atoms with Gasteiger partial charge in [0.25, 0.3) is 0 Å². The van der Waals surface area contributed by atoms with Crippen LogP contribution in [0.2, 0.25) is 0 Å². The monoisotopic (exact) mass is 412 g/mol. The molecular weight excluding hydrogens is 375 g/mol. The number of unbranched alkanes of at least 4 members (excludes halogenated alkanes) is 4. The molecule has 0 bridgehead atoms. The van der Waals surface area contributed by atoms with Crippen molar-refractivity contribution in [3.05, 3.63) is 12.8 Å². The van der Waals surface area contributed by atoms with Crippen molar-refractivity contribution >= 4 is 49.2 Å². The zero-order chi connectivity index (χ0) is 15.1. The summed E-state index contributed by atoms with van der Waals surface area (Å²) in [6.07, 6.45) is 11.5. The molecule has 0 amide bonds. The average Bonchev–Trinajstić information content (AvgIpc) is 2.42. The minimum absolute atomic E-state index is 0. The van der Waals surface area contributed by atoms with Crippen LogP contribution in [0, 0.1) is 12.8 Å². The van der Waals surface area contributed by atoms with E-state index in [1.54, 1.807) is 0 Å². The summed E-state index contributed by atoms with van der Waals surface area (Å²) in [5.41, 5.74) is 0. The van der Waals surface area contributed by atoms with E-state index in [0.29, 0.717) is 0 Å². The molecule has 19 heavy (non-hydrogen) atoms. The molecule has 0 aliphatic heterocycles. The predicted octanol–water partition coefficient (Wildman–Crippen LogP) is 5.53. The Labute approximate surface area is 153 Å². The van der Waals surface area contributed by atoms with Crippen LogP contribution >= 0.6 is 0 Å². The second-order valence-corrected chi connectivity index (χ2v) is 4.56. The molecule has 116 valence electrons. The van der Waals surface area contributed by atoms with Crippen LogP contribution in [-0.4, -0.2) is 35.4 Å². The van der Waals surface area contributed by atoms with Crippen molar-refractivity contribution in [3.63, 3.8) is 0 Å². The molecule has 0 aromatic heterocycles. The van der Waals surface area contributed by atoms with E-state index in [-0.39, 0.29) is 23.9 Å². The summed E-state index contributed by atoms with van der Waals surface area (Å²) in [5.74, 6) is 1.85. The predicted molar refractivity (Wildman–Crippen MR) is 101 cm³/mol. The molecular formula is C16H36S2Sn. The maximum absolute atomic E-state index is 4.65. The molecule has 0 heterocycles. The van der Waals surface area contributed by atoms with Crippen LogP contribution in [0.25, 0.3) is 0 Å². The van der Waals surface area contributed by atoms with Crippen molar-refractivity contribution in [1.29, 1.82) is 0 Å². The number of hydrogen-bond donors (Lipinski definition) is 0. The van der Waals surface area contributed by atoms with E-state index < -0.39 is 0 Å². The second-order valence-electron chi connectivity index (χ2n) is 3.75. The summed E-state index contributed by atoms with van der Waals surface area (Å²) in [6.45, 7) is 12.7. The van der Waals surface area contributed by atoms with Crippen LogP contribution in [0.3, 0.4) is 0 Å². The largest absolute Gasteiger partial charge is 2.00 e. The Morgan fingerprint density at radius 3 is 0.895 bits per heavy atom. The molecule has 3 heteroatoms. The Morgan fingerprint density at radius 1 is 0.684 bits per heavy atom. The van der Waals surface area contributed by atoms with Crippen molar-refractivity contribution in [2.75, 3.05) is 11.5 Å². The smallest absolute Gasteiger partial charge is 0.793 e. The first-order valence-corrected chi connectivity index (χ1v) is 8.53. The van der Waals surface area contributed by atoms with Gasteiger partial charge in [-0.05, 0) is 12.8 Å². The van der Waals surface area contributed by atoms with E-state index in [2.05, 4.69) is 79.6 Å². The Bertz CT molecular complexity index is 63.1. The summed E-state index contributed by atoms with van der Waals surface area (Å²) in [4.78, 5) is 0. The van der Waals surface area contributed by atoms with Gasteiger partial charge in [-0.3, -0.25) is 0 Å². The van der Waals surface area contributed by atoms with Crippen LogP contribution in [0.15, 0.2) is 0 Å². The van der Waals surface area contributed by atoms with Gasteiger partial charge in [0.15, 0.2) is 0 Å². The zero-order valence-corrected chi connectivity index (χ0v) is 18.6. The second kappa shape index (κ2) is 50.5. The topological polar surface area (TPSA) is 0 Å². The molecule has 0 aromatic carbocycles. The first-order valence-electron chi connectivity index (χ1n) is 7.38. The molecule has 0 saturated heterocycles. The zero-order valence-electron chi connectivity index (χ0n) is 14.1. The minimum atomic E-state index is 0. The molecule has 0 aliphatic rings. The molecule has 0 aromatic rings. The SMILES string of the molecule is CCCC[S-].CCCC[S-].C[CH]CC.C[CH]CC.[Sn+2]. The number of hydrogen-bond acceptors (Lipinski definition) is 2. The van der Waals surface area contributed by atoms with Crippen molar-refractivity contribution in [1.82, 2.24) is 0 Å². The summed E-state index contributed by atoms with van der Waals surface area (Å²) in [5, 5.41) is 0. The quantitative estimate of drug-likeness (QED) is 0.417. The Kier molecular flexibility index (Phi) is 86.2. The van der Waals surface area contributed by atoms with E-state index in [9.17, 15) is 0 Å². The Balaban J connectivity index is -0.0000000453. The number of rotatable bonds is 6. The molecule has 0 nitrogen and oxygen atoms in total. The van der Waals surface area contributed by atoms with Crippen LogP contribution in [0.5, 0.6) is 0 Å². The van der Waals surface area contributed by atoms with Crippen LogP contribution in [0.4, 0.5) is 0 Å². The maximum Gasteiger partial charge on any atom is 2.00 e. The molecule has 0 N–H and O–H groups in total. The fourth-order valence-electron chi connectivity index (χ4n) is 0.289. The molecule has 0 rings (SSSR count). The van der Waals surface area contributed by atoms with Gasteiger partial charge in [0.2, 0.25) is 0 Å². The van der Waals surface area contributed by atoms with Gasteiger partial charge in [-0.2, -0.15) is 11.5 Å². The van der Waals surface area contributed by atoms with E-state index in [1.807, 2.05) is 0 Å². The van der Waals surface area contributed by atoms with E-state index in [1.165, 1.54) is 38.5 Å². The van der Waals surface area contributed by atoms with Crippen molar-refractivity contribution in [2.45, 2.75) is 80.1 Å². The Hall–Kier alpha value is 1.50. The van der Waals surface area contributed by atoms with Crippen molar-refractivity contribution in [3.8, 4) is 0 Å². The fourth-order valence-corrected chi connectivity index (χ4v) is 0.866. The van der Waals surface area contributed by atoms with Crippen LogP contribution in [-0.2, 0) is 25.3 Å². The molecule has 0 spiro atoms. The standard InChI is InChI=1S/2C4H10S.2C4H9.Sn/c2*1-2-3-4-5;2*1-3-4-2;/h2*5H,2-4H2,1H3;2*3H,4H2,1-2H3;/q;;;;+2/p-2. The van der Waals surface area contributed by atoms with Gasteiger partial charge in [-0.1, -0.05) is 80.1 Å². The third-order valence-corrected chi connectivity index (χ3v) is 2.39. The van der Waals surface area contributed by atoms with Gasteiger partial charge < -0.3 is 25.3 Å². The van der Waals surface area contributed by atoms with Crippen LogP contribution in [0.1, 0.15) is 80.1 Å². The van der Waals surface area contributed by atoms with E-state index >= 15 is 0 Å². The summed E-state index contributed by atoms with van der Waals surface area (Å²) >= 11 is 9.30. The molecule has 4 radical (unpaired) electrons. The first kappa shape index (κ1) is 32.4. The van der Waals surface area contributed by atoms with Crippen molar-refractivity contribution in [2.24, 2.45) is 0 Å².